The van der Waals surface area contributed by atoms with Gasteiger partial charge >= 0.3 is 5.97 Å². The zero-order valence-corrected chi connectivity index (χ0v) is 10.1. The van der Waals surface area contributed by atoms with E-state index < -0.39 is 5.97 Å². The summed E-state index contributed by atoms with van der Waals surface area (Å²) < 4.78 is 1.36. The highest BCUT2D eigenvalue weighted by Gasteiger charge is 2.32. The lowest BCUT2D eigenvalue weighted by Crippen LogP contribution is -2.49. The molecule has 1 aromatic heterocycles. The van der Waals surface area contributed by atoms with Gasteiger partial charge in [0.2, 0.25) is 0 Å². The van der Waals surface area contributed by atoms with Crippen LogP contribution in [-0.4, -0.2) is 29.1 Å². The number of thiophene rings is 1. The standard InChI is InChI=1S/C9H9Cl2NO2S/c10-7-1-5(8(11)15-7)2-12-3-6(4-12)9(13)14/h1,6H,2-4H2,(H,13,14). The Balaban J connectivity index is 1.90. The number of carbonyl (C=O) groups is 1. The average molecular weight is 266 g/mol. The van der Waals surface area contributed by atoms with Gasteiger partial charge < -0.3 is 5.11 Å². The van der Waals surface area contributed by atoms with Gasteiger partial charge in [0, 0.05) is 19.6 Å². The van der Waals surface area contributed by atoms with E-state index in [0.717, 1.165) is 5.56 Å². The summed E-state index contributed by atoms with van der Waals surface area (Å²) in [6.45, 7) is 1.88. The molecule has 0 aromatic carbocycles. The molecule has 0 amide bonds. The second kappa shape index (κ2) is 4.29. The summed E-state index contributed by atoms with van der Waals surface area (Å²) in [7, 11) is 0. The number of carboxylic acid groups (broad SMARTS) is 1. The van der Waals surface area contributed by atoms with E-state index in [1.54, 1.807) is 0 Å². The number of hydrogen-bond donors (Lipinski definition) is 1. The Morgan fingerprint density at radius 2 is 2.27 bits per heavy atom. The normalized spacial score (nSPS) is 17.7. The minimum atomic E-state index is -0.722. The van der Waals surface area contributed by atoms with Crippen molar-refractivity contribution in [1.29, 1.82) is 0 Å². The lowest BCUT2D eigenvalue weighted by Gasteiger charge is -2.36. The van der Waals surface area contributed by atoms with Crippen molar-refractivity contribution < 1.29 is 9.90 Å². The molecule has 1 aromatic rings. The summed E-state index contributed by atoms with van der Waals surface area (Å²) in [6.07, 6.45) is 0. The molecule has 1 aliphatic rings. The molecule has 1 fully saturated rings. The molecule has 0 atom stereocenters. The smallest absolute Gasteiger partial charge is 0.309 e. The first-order chi connectivity index (χ1) is 7.06. The fourth-order valence-corrected chi connectivity index (χ4v) is 3.05. The summed E-state index contributed by atoms with van der Waals surface area (Å²) in [5.74, 6) is -0.946. The van der Waals surface area contributed by atoms with Crippen LogP contribution in [0.2, 0.25) is 8.67 Å². The van der Waals surface area contributed by atoms with E-state index in [2.05, 4.69) is 0 Å². The second-order valence-corrected chi connectivity index (χ2v) is 5.86. The molecule has 0 radical (unpaired) electrons. The van der Waals surface area contributed by atoms with Crippen LogP contribution in [-0.2, 0) is 11.3 Å². The van der Waals surface area contributed by atoms with Gasteiger partial charge in [0.25, 0.3) is 0 Å². The molecule has 2 heterocycles. The Labute approximate surface area is 101 Å². The van der Waals surface area contributed by atoms with E-state index in [1.807, 2.05) is 11.0 Å². The number of likely N-dealkylation sites (tertiary alicyclic amines) is 1. The number of halogens is 2. The second-order valence-electron chi connectivity index (χ2n) is 3.58. The minimum absolute atomic E-state index is 0.224. The molecule has 1 aliphatic heterocycles. The summed E-state index contributed by atoms with van der Waals surface area (Å²) in [4.78, 5) is 12.6. The molecule has 0 unspecified atom stereocenters. The Kier molecular flexibility index (Phi) is 3.21. The molecule has 82 valence electrons. The maximum absolute atomic E-state index is 10.6. The van der Waals surface area contributed by atoms with E-state index in [4.69, 9.17) is 28.3 Å². The Bertz CT molecular complexity index is 387. The van der Waals surface area contributed by atoms with Crippen LogP contribution in [0.1, 0.15) is 5.56 Å². The van der Waals surface area contributed by atoms with Crippen molar-refractivity contribution in [3.63, 3.8) is 0 Å². The quantitative estimate of drug-likeness (QED) is 0.914. The SMILES string of the molecule is O=C(O)C1CN(Cc2cc(Cl)sc2Cl)C1. The monoisotopic (exact) mass is 265 g/mol. The fraction of sp³-hybridized carbons (Fsp3) is 0.444. The minimum Gasteiger partial charge on any atom is -0.481 e. The van der Waals surface area contributed by atoms with Gasteiger partial charge in [-0.05, 0) is 11.6 Å². The molecule has 0 spiro atoms. The Morgan fingerprint density at radius 3 is 2.73 bits per heavy atom. The van der Waals surface area contributed by atoms with Crippen molar-refractivity contribution in [3.8, 4) is 0 Å². The van der Waals surface area contributed by atoms with Crippen molar-refractivity contribution in [2.75, 3.05) is 13.1 Å². The van der Waals surface area contributed by atoms with Crippen molar-refractivity contribution >= 4 is 40.5 Å². The van der Waals surface area contributed by atoms with Crippen molar-refractivity contribution in [2.24, 2.45) is 5.92 Å². The molecule has 0 saturated carbocycles. The van der Waals surface area contributed by atoms with Gasteiger partial charge in [-0.15, -0.1) is 11.3 Å². The summed E-state index contributed by atoms with van der Waals surface area (Å²) >= 11 is 13.1. The summed E-state index contributed by atoms with van der Waals surface area (Å²) in [5, 5.41) is 8.70. The van der Waals surface area contributed by atoms with Gasteiger partial charge in [0.1, 0.15) is 0 Å². The van der Waals surface area contributed by atoms with Crippen LogP contribution >= 0.6 is 34.5 Å². The largest absolute Gasteiger partial charge is 0.481 e. The lowest BCUT2D eigenvalue weighted by atomic mass is 10.0. The molecule has 6 heteroatoms. The third kappa shape index (κ3) is 2.45. The third-order valence-electron chi connectivity index (χ3n) is 2.43. The third-order valence-corrected chi connectivity index (χ3v) is 4.00. The first kappa shape index (κ1) is 11.2. The highest BCUT2D eigenvalue weighted by Crippen LogP contribution is 2.33. The molecular weight excluding hydrogens is 257 g/mol. The molecule has 2 rings (SSSR count). The number of carboxylic acids is 1. The highest BCUT2D eigenvalue weighted by molar-refractivity contribution is 7.20. The predicted molar refractivity (Wildman–Crippen MR) is 60.7 cm³/mol. The maximum atomic E-state index is 10.6. The summed E-state index contributed by atoms with van der Waals surface area (Å²) in [6, 6.07) is 1.84. The van der Waals surface area contributed by atoms with Crippen molar-refractivity contribution in [2.45, 2.75) is 6.54 Å². The molecule has 3 nitrogen and oxygen atoms in total. The maximum Gasteiger partial charge on any atom is 0.309 e. The van der Waals surface area contributed by atoms with Crippen molar-refractivity contribution in [3.05, 3.63) is 20.3 Å². The van der Waals surface area contributed by atoms with Crippen LogP contribution in [0, 0.1) is 5.92 Å². The molecule has 15 heavy (non-hydrogen) atoms. The lowest BCUT2D eigenvalue weighted by molar-refractivity contribution is -0.147. The van der Waals surface area contributed by atoms with Crippen LogP contribution in [0.25, 0.3) is 0 Å². The molecular formula is C9H9Cl2NO2S. The molecule has 0 bridgehead atoms. The van der Waals surface area contributed by atoms with E-state index >= 15 is 0 Å². The van der Waals surface area contributed by atoms with Crippen molar-refractivity contribution in [1.82, 2.24) is 4.90 Å². The zero-order valence-electron chi connectivity index (χ0n) is 7.74. The van der Waals surface area contributed by atoms with Gasteiger partial charge in [-0.25, -0.2) is 0 Å². The molecule has 1 N–H and O–H groups in total. The number of aliphatic carboxylic acids is 1. The van der Waals surface area contributed by atoms with E-state index in [0.29, 0.717) is 28.3 Å². The zero-order chi connectivity index (χ0) is 11.0. The number of hydrogen-bond acceptors (Lipinski definition) is 3. The van der Waals surface area contributed by atoms with Gasteiger partial charge in [-0.1, -0.05) is 23.2 Å². The number of rotatable bonds is 3. The van der Waals surface area contributed by atoms with Crippen LogP contribution in [0.5, 0.6) is 0 Å². The molecule has 1 saturated heterocycles. The van der Waals surface area contributed by atoms with Crippen LogP contribution in [0.4, 0.5) is 0 Å². The first-order valence-corrected chi connectivity index (χ1v) is 6.02. The van der Waals surface area contributed by atoms with E-state index in [1.165, 1.54) is 11.3 Å². The Morgan fingerprint density at radius 1 is 1.60 bits per heavy atom. The summed E-state index contributed by atoms with van der Waals surface area (Å²) in [5.41, 5.74) is 0.982. The highest BCUT2D eigenvalue weighted by atomic mass is 35.5. The van der Waals surface area contributed by atoms with Crippen LogP contribution < -0.4 is 0 Å². The number of nitrogens with zero attached hydrogens (tertiary/aromatic N) is 1. The average Bonchev–Trinajstić information content (AvgIpc) is 2.36. The van der Waals surface area contributed by atoms with Gasteiger partial charge in [-0.2, -0.15) is 0 Å². The predicted octanol–water partition coefficient (Wildman–Crippen LogP) is 2.57. The van der Waals surface area contributed by atoms with Gasteiger partial charge in [-0.3, -0.25) is 9.69 Å². The molecule has 0 aliphatic carbocycles. The Hall–Kier alpha value is -0.290. The fourth-order valence-electron chi connectivity index (χ4n) is 1.58. The van der Waals surface area contributed by atoms with Crippen LogP contribution in [0.15, 0.2) is 6.07 Å². The van der Waals surface area contributed by atoms with Gasteiger partial charge in [0.05, 0.1) is 14.6 Å². The van der Waals surface area contributed by atoms with Crippen LogP contribution in [0.3, 0.4) is 0 Å². The van der Waals surface area contributed by atoms with Gasteiger partial charge in [0.15, 0.2) is 0 Å². The van der Waals surface area contributed by atoms with E-state index in [9.17, 15) is 4.79 Å². The van der Waals surface area contributed by atoms with E-state index in [-0.39, 0.29) is 5.92 Å². The topological polar surface area (TPSA) is 40.5 Å². The first-order valence-electron chi connectivity index (χ1n) is 4.45.